The number of aliphatic hydroxyl groups excluding tert-OH is 3. The fourth-order valence-electron chi connectivity index (χ4n) is 7.67. The summed E-state index contributed by atoms with van der Waals surface area (Å²) in [5.74, 6) is -2.64. The van der Waals surface area contributed by atoms with Crippen LogP contribution in [0.2, 0.25) is 25.2 Å². The van der Waals surface area contributed by atoms with E-state index in [1.165, 1.54) is 53.9 Å². The van der Waals surface area contributed by atoms with Crippen LogP contribution in [-0.4, -0.2) is 262 Å². The van der Waals surface area contributed by atoms with Crippen molar-refractivity contribution < 1.29 is 154 Å². The van der Waals surface area contributed by atoms with Gasteiger partial charge in [-0.2, -0.15) is 33.7 Å². The number of nitrogens with one attached hydrogen (secondary N) is 3. The van der Waals surface area contributed by atoms with Gasteiger partial charge in [0.25, 0.3) is 18.1 Å². The normalized spacial score (nSPS) is 13.5. The first-order valence-electron chi connectivity index (χ1n) is 36.6. The molecule has 7 unspecified atom stereocenters. The molecule has 0 rings (SSSR count). The average molecular weight is 1740 g/mol. The van der Waals surface area contributed by atoms with Crippen LogP contribution in [0.3, 0.4) is 0 Å². The standard InChI is InChI=1S/C42H67N3O16S.C11H17NO5.C9H16O5S.2C7H18O3Si/c1-12-18-20-40(9,30-56-52-23-14-3)44-38(48)60-34(8)59-36(46)33(7)28-62-29-35(61-39(49)45-41(10,21-19-13-2)31-57-53-24-15-4)27-50-37(47)43-42(11,22-26-55-51-17-6)32-58-54-25-16-5;1-4-6-14-16-8-11(3,13-10-12)9-17-15-7-5-2;1-6(9(13)14-7(2)11)4-15-5-8(12)3-10;2*1-8-6-5-7-11(4,9-2)10-3/h12-17,33,35H,1-6,8,18-32H2,7,9-11H3,(H,43,47)(H,44,48)(H,45,49);4-5H,1-2,6-9H2,3H3;6,8,10-12H,2-5H2,1H3;2*5-7H2,1-4H3. The van der Waals surface area contributed by atoms with E-state index in [0.717, 1.165) is 44.4 Å². The van der Waals surface area contributed by atoms with Gasteiger partial charge in [0, 0.05) is 85.3 Å². The summed E-state index contributed by atoms with van der Waals surface area (Å²) in [6.07, 6.45) is 13.3. The number of methoxy groups -OCH3 is 2. The Morgan fingerprint density at radius 2 is 0.897 bits per heavy atom. The van der Waals surface area contributed by atoms with E-state index in [1.54, 1.807) is 103 Å². The molecule has 672 valence electrons. The lowest BCUT2D eigenvalue weighted by Gasteiger charge is -2.31. The predicted octanol–water partition coefficient (Wildman–Crippen LogP) is 11.6. The third kappa shape index (κ3) is 70.4. The van der Waals surface area contributed by atoms with Gasteiger partial charge in [0.15, 0.2) is 5.60 Å². The summed E-state index contributed by atoms with van der Waals surface area (Å²) in [5.41, 5.74) is -3.93. The molecule has 3 amide bonds. The summed E-state index contributed by atoms with van der Waals surface area (Å²) >= 11 is 2.52. The number of nitrogens with zero attached hydrogens (tertiary/aromatic N) is 1. The fraction of sp³-hybridized carbons (Fsp3) is 0.658. The SMILES string of the molecule is C=C(O)OC(=O)C(C)CSCC(O)CO.C=CCCC(C)(COOCC=C)NC(=O)OC(=C)OC(=O)C(C)CSCC(COC(=O)NC(C)(CCOOC=C)COOCC=C)OC(=O)NC(C)(CCC=C)COOCC=C.C=CCOOCC(C)(COOCC=C)OC#N.COCCC[Si](C)(OC)OC.COCCC[Si](C)(OC)OC. The van der Waals surface area contributed by atoms with Gasteiger partial charge in [0.1, 0.15) is 85.0 Å². The highest BCUT2D eigenvalue weighted by atomic mass is 32.2. The smallest absolute Gasteiger partial charge is 0.415 e. The molecule has 0 aliphatic heterocycles. The number of nitriles is 1. The van der Waals surface area contributed by atoms with Gasteiger partial charge in [-0.3, -0.25) is 9.59 Å². The van der Waals surface area contributed by atoms with Crippen LogP contribution in [0.4, 0.5) is 14.4 Å². The molecule has 0 radical (unpaired) electrons. The van der Waals surface area contributed by atoms with Crippen LogP contribution in [0.15, 0.2) is 126 Å². The van der Waals surface area contributed by atoms with Crippen molar-refractivity contribution in [1.29, 1.82) is 5.26 Å². The molecule has 116 heavy (non-hydrogen) atoms. The highest BCUT2D eigenvalue weighted by Gasteiger charge is 2.35. The summed E-state index contributed by atoms with van der Waals surface area (Å²) in [6, 6.07) is 1.99. The number of aliphatic hydroxyl groups is 3. The number of ether oxygens (including phenoxy) is 8. The second kappa shape index (κ2) is 75.9. The van der Waals surface area contributed by atoms with E-state index in [9.17, 15) is 24.0 Å². The van der Waals surface area contributed by atoms with Crippen molar-refractivity contribution in [1.82, 2.24) is 16.0 Å². The third-order valence-corrected chi connectivity index (χ3v) is 23.4. The van der Waals surface area contributed by atoms with Gasteiger partial charge in [-0.25, -0.2) is 63.3 Å². The molecule has 0 saturated carbocycles. The zero-order chi connectivity index (χ0) is 89.0. The highest BCUT2D eigenvalue weighted by molar-refractivity contribution is 7.99. The number of amides is 3. The van der Waals surface area contributed by atoms with Crippen molar-refractivity contribution in [3.63, 3.8) is 0 Å². The predicted molar refractivity (Wildman–Crippen MR) is 442 cm³/mol. The van der Waals surface area contributed by atoms with Gasteiger partial charge in [-0.15, -0.1) is 46.1 Å². The summed E-state index contributed by atoms with van der Waals surface area (Å²) in [7, 11) is 6.63. The van der Waals surface area contributed by atoms with Gasteiger partial charge in [-0.1, -0.05) is 63.0 Å². The van der Waals surface area contributed by atoms with Gasteiger partial charge in [0.05, 0.1) is 47.8 Å². The van der Waals surface area contributed by atoms with E-state index in [0.29, 0.717) is 37.2 Å². The summed E-state index contributed by atoms with van der Waals surface area (Å²) in [4.78, 5) is 123. The maximum absolute atomic E-state index is 13.3. The van der Waals surface area contributed by atoms with Crippen LogP contribution in [0.5, 0.6) is 0 Å². The second-order valence-electron chi connectivity index (χ2n) is 26.0. The molecule has 0 fully saturated rings. The van der Waals surface area contributed by atoms with E-state index in [4.69, 9.17) is 130 Å². The lowest BCUT2D eigenvalue weighted by molar-refractivity contribution is -0.340. The van der Waals surface area contributed by atoms with Crippen LogP contribution >= 0.6 is 23.5 Å². The molecular weight excluding hydrogens is 1600 g/mol. The quantitative estimate of drug-likeness (QED) is 0.00379. The molecule has 0 saturated heterocycles. The summed E-state index contributed by atoms with van der Waals surface area (Å²) in [6.45, 7) is 50.7. The molecule has 0 spiro atoms. The minimum atomic E-state index is -1.81. The molecule has 36 nitrogen and oxygen atoms in total. The second-order valence-corrected chi connectivity index (χ2v) is 35.3. The fourth-order valence-corrected chi connectivity index (χ4v) is 12.5. The van der Waals surface area contributed by atoms with E-state index in [-0.39, 0.29) is 97.2 Å². The Kier molecular flexibility index (Phi) is 77.1. The van der Waals surface area contributed by atoms with Crippen molar-refractivity contribution >= 4 is 70.9 Å². The van der Waals surface area contributed by atoms with E-state index >= 15 is 0 Å². The van der Waals surface area contributed by atoms with Gasteiger partial charge < -0.3 is 91.8 Å². The van der Waals surface area contributed by atoms with Crippen molar-refractivity contribution in [3.05, 3.63) is 126 Å². The molecule has 6 N–H and O–H groups in total. The first-order chi connectivity index (χ1) is 55.0. The zero-order valence-corrected chi connectivity index (χ0v) is 74.4. The molecule has 0 aromatic rings. The van der Waals surface area contributed by atoms with Crippen LogP contribution in [0.1, 0.15) is 86.5 Å². The minimum absolute atomic E-state index is 0.0197. The number of hydrogen-bond acceptors (Lipinski definition) is 35. The first-order valence-corrected chi connectivity index (χ1v) is 43.9. The maximum Gasteiger partial charge on any atom is 0.415 e. The van der Waals surface area contributed by atoms with E-state index in [1.807, 2.05) is 0 Å². The largest absolute Gasteiger partial charge is 0.481 e. The van der Waals surface area contributed by atoms with Gasteiger partial charge in [0.2, 0.25) is 0 Å². The lowest BCUT2D eigenvalue weighted by atomic mass is 9.97. The third-order valence-electron chi connectivity index (χ3n) is 14.7. The Morgan fingerprint density at radius 3 is 1.27 bits per heavy atom. The Hall–Kier alpha value is -6.59. The Balaban J connectivity index is -0.000000600. The number of rotatable bonds is 69. The monoisotopic (exact) mass is 1740 g/mol. The van der Waals surface area contributed by atoms with Crippen molar-refractivity contribution in [2.24, 2.45) is 11.8 Å². The van der Waals surface area contributed by atoms with Gasteiger partial charge in [-0.05, 0) is 105 Å². The summed E-state index contributed by atoms with van der Waals surface area (Å²) in [5, 5.41) is 42.8. The molecule has 0 aromatic carbocycles. The van der Waals surface area contributed by atoms with Crippen LogP contribution in [-0.2, 0) is 124 Å². The molecule has 40 heteroatoms. The van der Waals surface area contributed by atoms with Crippen LogP contribution in [0, 0.1) is 23.4 Å². The molecule has 0 aliphatic rings. The van der Waals surface area contributed by atoms with E-state index in [2.05, 4.69) is 99.6 Å². The molecule has 0 aromatic heterocycles. The van der Waals surface area contributed by atoms with Crippen molar-refractivity contribution in [2.75, 3.05) is 165 Å². The first kappa shape index (κ1) is 118. The topological polar surface area (TPSA) is 427 Å². The number of carbonyl (C=O) groups excluding carboxylic acids is 5. The number of alkyl carbamates (subject to hydrolysis) is 3. The average Bonchev–Trinajstić information content (AvgIpc) is 0.880. The number of thioether (sulfide) groups is 2. The van der Waals surface area contributed by atoms with Crippen molar-refractivity contribution in [2.45, 2.75) is 146 Å². The molecule has 0 heterocycles. The molecule has 7 atom stereocenters. The van der Waals surface area contributed by atoms with E-state index < -0.39 is 112 Å². The summed E-state index contributed by atoms with van der Waals surface area (Å²) < 4.78 is 61.8. The molecule has 0 bridgehead atoms. The lowest BCUT2D eigenvalue weighted by Crippen LogP contribution is -2.52. The van der Waals surface area contributed by atoms with Gasteiger partial charge >= 0.3 is 47.3 Å². The van der Waals surface area contributed by atoms with Crippen LogP contribution in [0.25, 0.3) is 0 Å². The minimum Gasteiger partial charge on any atom is -0.481 e. The van der Waals surface area contributed by atoms with Crippen LogP contribution < -0.4 is 16.0 Å². The van der Waals surface area contributed by atoms with Crippen molar-refractivity contribution in [3.8, 4) is 6.26 Å². The Bertz CT molecular complexity index is 2670. The highest BCUT2D eigenvalue weighted by Crippen LogP contribution is 2.22. The number of esters is 2. The zero-order valence-electron chi connectivity index (χ0n) is 70.7. The Labute approximate surface area is 697 Å². The number of hydrogen-bond donors (Lipinski definition) is 6. The molecule has 0 aliphatic carbocycles. The number of allylic oxidation sites excluding steroid dienone is 2. The maximum atomic E-state index is 13.3. The Morgan fingerprint density at radius 1 is 0.509 bits per heavy atom. The number of carbonyl (C=O) groups is 5. The molecular formula is C76H136N4O32S2Si2.